The largest absolute Gasteiger partial charge is 0.481 e. The van der Waals surface area contributed by atoms with Crippen LogP contribution in [0.2, 0.25) is 0 Å². The Bertz CT molecular complexity index is 798. The lowest BCUT2D eigenvalue weighted by molar-refractivity contribution is 0.0234. The average Bonchev–Trinajstić information content (AvgIpc) is 2.64. The predicted molar refractivity (Wildman–Crippen MR) is 96.2 cm³/mol. The molecule has 1 fully saturated rings. The molecule has 6 heteroatoms. The van der Waals surface area contributed by atoms with E-state index in [0.29, 0.717) is 29.8 Å². The first kappa shape index (κ1) is 18.1. The molecule has 1 aliphatic carbocycles. The molecule has 1 heterocycles. The van der Waals surface area contributed by atoms with E-state index in [0.717, 1.165) is 5.56 Å². The lowest BCUT2D eigenvalue weighted by atomic mass is 9.75. The van der Waals surface area contributed by atoms with Crippen molar-refractivity contribution in [2.75, 3.05) is 7.11 Å². The quantitative estimate of drug-likeness (QED) is 0.778. The van der Waals surface area contributed by atoms with E-state index < -0.39 is 0 Å². The second kappa shape index (κ2) is 7.66. The Morgan fingerprint density at radius 1 is 1.23 bits per heavy atom. The highest BCUT2D eigenvalue weighted by atomic mass is 16.5. The van der Waals surface area contributed by atoms with E-state index in [-0.39, 0.29) is 29.8 Å². The van der Waals surface area contributed by atoms with Gasteiger partial charge in [-0.25, -0.2) is 4.98 Å². The fourth-order valence-electron chi connectivity index (χ4n) is 3.18. The van der Waals surface area contributed by atoms with Crippen LogP contribution in [0.3, 0.4) is 0 Å². The third kappa shape index (κ3) is 3.91. The molecule has 1 atom stereocenters. The summed E-state index contributed by atoms with van der Waals surface area (Å²) in [6, 6.07) is 10.0. The number of carbonyl (C=O) groups excluding carboxylic acids is 2. The summed E-state index contributed by atoms with van der Waals surface area (Å²) in [6.07, 6.45) is 2.61. The summed E-state index contributed by atoms with van der Waals surface area (Å²) in [4.78, 5) is 28.5. The second-order valence-corrected chi connectivity index (χ2v) is 6.61. The topological polar surface area (TPSA) is 88.5 Å². The number of rotatable bonds is 6. The molecular weight excluding hydrogens is 332 g/mol. The van der Waals surface area contributed by atoms with Gasteiger partial charge < -0.3 is 15.2 Å². The van der Waals surface area contributed by atoms with Gasteiger partial charge in [-0.3, -0.25) is 9.59 Å². The number of Topliss-reactive ketones (excluding diaryl/α,β-unsaturated/α-hetero) is 1. The number of aliphatic hydroxyl groups is 1. The summed E-state index contributed by atoms with van der Waals surface area (Å²) < 4.78 is 5.08. The van der Waals surface area contributed by atoms with E-state index in [1.807, 2.05) is 6.07 Å². The van der Waals surface area contributed by atoms with Gasteiger partial charge in [-0.05, 0) is 43.4 Å². The molecule has 1 aromatic heterocycles. The minimum absolute atomic E-state index is 0.0855. The molecular formula is C20H22N2O4. The first-order valence-electron chi connectivity index (χ1n) is 8.58. The maximum absolute atomic E-state index is 12.7. The van der Waals surface area contributed by atoms with Crippen molar-refractivity contribution in [2.24, 2.45) is 5.92 Å². The Morgan fingerprint density at radius 3 is 2.54 bits per heavy atom. The molecule has 2 N–H and O–H groups in total. The molecule has 0 saturated heterocycles. The third-order valence-electron chi connectivity index (χ3n) is 4.77. The molecule has 0 aliphatic heterocycles. The zero-order chi connectivity index (χ0) is 18.7. The van der Waals surface area contributed by atoms with Gasteiger partial charge in [-0.2, -0.15) is 0 Å². The molecule has 26 heavy (non-hydrogen) atoms. The highest BCUT2D eigenvalue weighted by Gasteiger charge is 2.36. The van der Waals surface area contributed by atoms with Crippen molar-refractivity contribution in [3.63, 3.8) is 0 Å². The molecule has 0 bridgehead atoms. The van der Waals surface area contributed by atoms with Gasteiger partial charge in [0.1, 0.15) is 0 Å². The monoisotopic (exact) mass is 354 g/mol. The highest BCUT2D eigenvalue weighted by molar-refractivity contribution is 5.99. The Morgan fingerprint density at radius 2 is 1.96 bits per heavy atom. The zero-order valence-corrected chi connectivity index (χ0v) is 14.8. The van der Waals surface area contributed by atoms with Gasteiger partial charge >= 0.3 is 0 Å². The van der Waals surface area contributed by atoms with Crippen molar-refractivity contribution in [3.8, 4) is 5.88 Å². The fourth-order valence-corrected chi connectivity index (χ4v) is 3.18. The zero-order valence-electron chi connectivity index (χ0n) is 14.8. The number of aliphatic hydroxyl groups excluding tert-OH is 1. The number of methoxy groups -OCH3 is 1. The van der Waals surface area contributed by atoms with Gasteiger partial charge in [0, 0.05) is 23.4 Å². The highest BCUT2D eigenvalue weighted by Crippen LogP contribution is 2.38. The maximum Gasteiger partial charge on any atom is 0.251 e. The molecule has 1 aromatic carbocycles. The minimum atomic E-state index is -0.327. The number of nitrogens with one attached hydrogen (secondary N) is 1. The van der Waals surface area contributed by atoms with Crippen LogP contribution >= 0.6 is 0 Å². The van der Waals surface area contributed by atoms with E-state index in [1.165, 1.54) is 6.92 Å². The molecule has 0 spiro atoms. The minimum Gasteiger partial charge on any atom is -0.481 e. The van der Waals surface area contributed by atoms with Crippen LogP contribution < -0.4 is 10.1 Å². The van der Waals surface area contributed by atoms with Gasteiger partial charge in [-0.1, -0.05) is 18.2 Å². The van der Waals surface area contributed by atoms with Crippen molar-refractivity contribution >= 4 is 11.7 Å². The number of ether oxygens (including phenoxy) is 1. The van der Waals surface area contributed by atoms with Crippen LogP contribution in [0.15, 0.2) is 42.6 Å². The maximum atomic E-state index is 12.7. The summed E-state index contributed by atoms with van der Waals surface area (Å²) in [6.45, 7) is 1.47. The second-order valence-electron chi connectivity index (χ2n) is 6.61. The molecule has 1 saturated carbocycles. The van der Waals surface area contributed by atoms with Crippen molar-refractivity contribution in [3.05, 3.63) is 59.3 Å². The van der Waals surface area contributed by atoms with Gasteiger partial charge in [-0.15, -0.1) is 0 Å². The van der Waals surface area contributed by atoms with Crippen molar-refractivity contribution in [1.29, 1.82) is 0 Å². The van der Waals surface area contributed by atoms with Gasteiger partial charge in [0.15, 0.2) is 5.78 Å². The Hall–Kier alpha value is -2.73. The summed E-state index contributed by atoms with van der Waals surface area (Å²) in [7, 11) is 1.55. The van der Waals surface area contributed by atoms with Gasteiger partial charge in [0.2, 0.25) is 5.88 Å². The molecule has 0 radical (unpaired) electrons. The first-order chi connectivity index (χ1) is 12.5. The number of pyridine rings is 1. The molecule has 1 aliphatic rings. The van der Waals surface area contributed by atoms with E-state index in [4.69, 9.17) is 4.74 Å². The lowest BCUT2D eigenvalue weighted by Gasteiger charge is -2.38. The van der Waals surface area contributed by atoms with Crippen LogP contribution in [-0.4, -0.2) is 35.0 Å². The van der Waals surface area contributed by atoms with E-state index in [2.05, 4.69) is 10.3 Å². The molecule has 136 valence electrons. The van der Waals surface area contributed by atoms with Gasteiger partial charge in [0.25, 0.3) is 5.91 Å². The van der Waals surface area contributed by atoms with E-state index in [1.54, 1.807) is 43.6 Å². The van der Waals surface area contributed by atoms with Crippen LogP contribution in [0.25, 0.3) is 0 Å². The SMILES string of the molecule is COc1ccc([C@H](NC(=O)c2cccc(C(C)=O)c2)C2CC(O)C2)cn1. The molecule has 0 unspecified atom stereocenters. The molecule has 3 rings (SSSR count). The van der Waals surface area contributed by atoms with Crippen LogP contribution in [0.1, 0.15) is 52.1 Å². The molecule has 2 aromatic rings. The van der Waals surface area contributed by atoms with Crippen molar-refractivity contribution < 1.29 is 19.4 Å². The standard InChI is InChI=1S/C20H22N2O4/c1-12(23)13-4-3-5-14(8-13)20(25)22-19(16-9-17(24)10-16)15-6-7-18(26-2)21-11-15/h3-8,11,16-17,19,24H,9-10H2,1-2H3,(H,22,25)/t16?,17?,19-/m0/s1. The molecule has 1 amide bonds. The van der Waals surface area contributed by atoms with Crippen LogP contribution in [0, 0.1) is 5.92 Å². The Kier molecular flexibility index (Phi) is 5.32. The van der Waals surface area contributed by atoms with Gasteiger partial charge in [0.05, 0.1) is 19.3 Å². The van der Waals surface area contributed by atoms with Crippen LogP contribution in [-0.2, 0) is 0 Å². The average molecular weight is 354 g/mol. The fraction of sp³-hybridized carbons (Fsp3) is 0.350. The van der Waals surface area contributed by atoms with Crippen LogP contribution in [0.4, 0.5) is 0 Å². The Balaban J connectivity index is 1.82. The summed E-state index contributed by atoms with van der Waals surface area (Å²) in [5, 5.41) is 12.7. The predicted octanol–water partition coefficient (Wildman–Crippen LogP) is 2.53. The lowest BCUT2D eigenvalue weighted by Crippen LogP contribution is -2.41. The number of benzene rings is 1. The normalized spacial score (nSPS) is 20.0. The van der Waals surface area contributed by atoms with E-state index in [9.17, 15) is 14.7 Å². The smallest absolute Gasteiger partial charge is 0.251 e. The summed E-state index contributed by atoms with van der Waals surface area (Å²) in [5.41, 5.74) is 1.79. The number of hydrogen-bond donors (Lipinski definition) is 2. The third-order valence-corrected chi connectivity index (χ3v) is 4.77. The van der Waals surface area contributed by atoms with Crippen LogP contribution in [0.5, 0.6) is 5.88 Å². The van der Waals surface area contributed by atoms with E-state index >= 15 is 0 Å². The summed E-state index contributed by atoms with van der Waals surface area (Å²) >= 11 is 0. The summed E-state index contributed by atoms with van der Waals surface area (Å²) in [5.74, 6) is 0.301. The first-order valence-corrected chi connectivity index (χ1v) is 8.58. The molecule has 6 nitrogen and oxygen atoms in total. The van der Waals surface area contributed by atoms with Crippen molar-refractivity contribution in [2.45, 2.75) is 31.9 Å². The van der Waals surface area contributed by atoms with Crippen molar-refractivity contribution in [1.82, 2.24) is 10.3 Å². The Labute approximate surface area is 152 Å². The number of amides is 1. The number of aromatic nitrogens is 1. The number of carbonyl (C=O) groups is 2. The number of nitrogens with zero attached hydrogens (tertiary/aromatic N) is 1. The number of hydrogen-bond acceptors (Lipinski definition) is 5. The number of ketones is 1.